The van der Waals surface area contributed by atoms with Gasteiger partial charge in [-0.25, -0.2) is 12.8 Å². The minimum Gasteiger partial charge on any atom is -0.368 e. The van der Waals surface area contributed by atoms with E-state index in [1.54, 1.807) is 6.07 Å². The summed E-state index contributed by atoms with van der Waals surface area (Å²) in [5.41, 5.74) is 0.478. The molecule has 0 unspecified atom stereocenters. The molecule has 18 heavy (non-hydrogen) atoms. The summed E-state index contributed by atoms with van der Waals surface area (Å²) >= 11 is 0. The minimum atomic E-state index is -3.35. The molecule has 1 N–H and O–H groups in total. The van der Waals surface area contributed by atoms with Crippen LogP contribution in [0.3, 0.4) is 0 Å². The molecule has 0 saturated carbocycles. The van der Waals surface area contributed by atoms with E-state index in [2.05, 4.69) is 5.32 Å². The van der Waals surface area contributed by atoms with Gasteiger partial charge in [0.25, 0.3) is 0 Å². The highest BCUT2D eigenvalue weighted by Gasteiger charge is 2.16. The van der Waals surface area contributed by atoms with Crippen LogP contribution in [-0.2, 0) is 9.84 Å². The fraction of sp³-hybridized carbons (Fsp3) is 0.500. The largest absolute Gasteiger partial charge is 0.368 e. The second-order valence-electron chi connectivity index (χ2n) is 4.48. The van der Waals surface area contributed by atoms with Crippen molar-refractivity contribution in [3.63, 3.8) is 0 Å². The van der Waals surface area contributed by atoms with Crippen LogP contribution in [0.5, 0.6) is 0 Å². The number of sulfone groups is 1. The third-order valence-corrected chi connectivity index (χ3v) is 4.14. The topological polar surface area (TPSA) is 49.4 Å². The van der Waals surface area contributed by atoms with Crippen molar-refractivity contribution in [2.75, 3.05) is 37.3 Å². The van der Waals surface area contributed by atoms with E-state index in [4.69, 9.17) is 0 Å². The number of hydrogen-bond donors (Lipinski definition) is 1. The van der Waals surface area contributed by atoms with E-state index >= 15 is 0 Å². The average molecular weight is 272 g/mol. The van der Waals surface area contributed by atoms with Crippen molar-refractivity contribution in [1.29, 1.82) is 0 Å². The first-order valence-electron chi connectivity index (χ1n) is 5.94. The van der Waals surface area contributed by atoms with Crippen LogP contribution in [0, 0.1) is 5.82 Å². The van der Waals surface area contributed by atoms with Gasteiger partial charge >= 0.3 is 0 Å². The van der Waals surface area contributed by atoms with E-state index in [9.17, 15) is 12.8 Å². The molecule has 0 aromatic heterocycles. The number of nitrogens with zero attached hydrogens (tertiary/aromatic N) is 1. The summed E-state index contributed by atoms with van der Waals surface area (Å²) in [6, 6.07) is 4.12. The molecule has 1 aromatic rings. The van der Waals surface area contributed by atoms with Gasteiger partial charge in [-0.15, -0.1) is 0 Å². The maximum Gasteiger partial charge on any atom is 0.175 e. The minimum absolute atomic E-state index is 0.0247. The Hall–Kier alpha value is -1.14. The maximum atomic E-state index is 14.0. The third-order valence-electron chi connectivity index (χ3n) is 3.03. The van der Waals surface area contributed by atoms with Gasteiger partial charge in [0.1, 0.15) is 5.82 Å². The Morgan fingerprint density at radius 3 is 2.72 bits per heavy atom. The van der Waals surface area contributed by atoms with Crippen LogP contribution in [0.15, 0.2) is 23.1 Å². The Kier molecular flexibility index (Phi) is 3.87. The first-order chi connectivity index (χ1) is 8.48. The molecule has 1 fully saturated rings. The summed E-state index contributed by atoms with van der Waals surface area (Å²) in [4.78, 5) is 1.97. The number of anilines is 1. The van der Waals surface area contributed by atoms with E-state index < -0.39 is 15.7 Å². The molecule has 0 amide bonds. The highest BCUT2D eigenvalue weighted by molar-refractivity contribution is 7.90. The molecule has 1 heterocycles. The molecule has 0 atom stereocenters. The lowest BCUT2D eigenvalue weighted by Crippen LogP contribution is -2.28. The van der Waals surface area contributed by atoms with Gasteiger partial charge in [-0.05, 0) is 31.2 Å². The number of hydrogen-bond acceptors (Lipinski definition) is 4. The van der Waals surface area contributed by atoms with E-state index in [0.717, 1.165) is 44.9 Å². The van der Waals surface area contributed by atoms with Gasteiger partial charge in [-0.2, -0.15) is 0 Å². The molecule has 0 bridgehead atoms. The van der Waals surface area contributed by atoms with E-state index in [1.807, 2.05) is 4.90 Å². The maximum absolute atomic E-state index is 14.0. The van der Waals surface area contributed by atoms with Crippen molar-refractivity contribution in [2.24, 2.45) is 0 Å². The zero-order valence-corrected chi connectivity index (χ0v) is 11.1. The van der Waals surface area contributed by atoms with Gasteiger partial charge in [-0.3, -0.25) is 0 Å². The standard InChI is InChI=1S/C12H17FN2O2S/c1-18(16,17)10-3-4-12(11(13)9-10)15-7-2-5-14-6-8-15/h3-4,9,14H,2,5-8H2,1H3. The van der Waals surface area contributed by atoms with Crippen molar-refractivity contribution in [1.82, 2.24) is 5.32 Å². The lowest BCUT2D eigenvalue weighted by atomic mass is 10.2. The molecule has 1 aliphatic heterocycles. The monoisotopic (exact) mass is 272 g/mol. The predicted molar refractivity (Wildman–Crippen MR) is 69.2 cm³/mol. The van der Waals surface area contributed by atoms with Gasteiger partial charge in [0, 0.05) is 25.9 Å². The van der Waals surface area contributed by atoms with E-state index in [1.165, 1.54) is 6.07 Å². The number of rotatable bonds is 2. The lowest BCUT2D eigenvalue weighted by Gasteiger charge is -2.23. The molecule has 0 spiro atoms. The Balaban J connectivity index is 2.29. The summed E-state index contributed by atoms with van der Waals surface area (Å²) in [5, 5.41) is 3.24. The predicted octanol–water partition coefficient (Wildman–Crippen LogP) is 1.03. The van der Waals surface area contributed by atoms with Crippen molar-refractivity contribution in [2.45, 2.75) is 11.3 Å². The normalized spacial score (nSPS) is 17.6. The second kappa shape index (κ2) is 5.24. The average Bonchev–Trinajstić information content (AvgIpc) is 2.56. The summed E-state index contributed by atoms with van der Waals surface area (Å²) < 4.78 is 36.6. The molecule has 4 nitrogen and oxygen atoms in total. The fourth-order valence-electron chi connectivity index (χ4n) is 2.06. The molecular formula is C12H17FN2O2S. The van der Waals surface area contributed by atoms with Gasteiger partial charge in [-0.1, -0.05) is 0 Å². The van der Waals surface area contributed by atoms with Crippen molar-refractivity contribution >= 4 is 15.5 Å². The highest BCUT2D eigenvalue weighted by Crippen LogP contribution is 2.23. The van der Waals surface area contributed by atoms with Crippen molar-refractivity contribution in [3.05, 3.63) is 24.0 Å². The van der Waals surface area contributed by atoms with Crippen LogP contribution in [0.4, 0.5) is 10.1 Å². The number of halogens is 1. The van der Waals surface area contributed by atoms with Gasteiger partial charge in [0.2, 0.25) is 0 Å². The Morgan fingerprint density at radius 1 is 1.28 bits per heavy atom. The summed E-state index contributed by atoms with van der Waals surface area (Å²) in [6.45, 7) is 3.25. The SMILES string of the molecule is CS(=O)(=O)c1ccc(N2CCCNCC2)c(F)c1. The Labute approximate surface area is 107 Å². The summed E-state index contributed by atoms with van der Waals surface area (Å²) in [7, 11) is -3.35. The lowest BCUT2D eigenvalue weighted by molar-refractivity contribution is 0.594. The zero-order valence-electron chi connectivity index (χ0n) is 10.3. The van der Waals surface area contributed by atoms with Crippen LogP contribution in [0.25, 0.3) is 0 Å². The molecule has 1 saturated heterocycles. The van der Waals surface area contributed by atoms with Crippen LogP contribution < -0.4 is 10.2 Å². The van der Waals surface area contributed by atoms with Crippen LogP contribution in [-0.4, -0.2) is 40.9 Å². The molecule has 1 aliphatic rings. The molecule has 0 radical (unpaired) electrons. The van der Waals surface area contributed by atoms with Crippen LogP contribution >= 0.6 is 0 Å². The summed E-state index contributed by atoms with van der Waals surface area (Å²) in [5.74, 6) is -0.472. The smallest absolute Gasteiger partial charge is 0.175 e. The van der Waals surface area contributed by atoms with E-state index in [0.29, 0.717) is 5.69 Å². The fourth-order valence-corrected chi connectivity index (χ4v) is 2.69. The quantitative estimate of drug-likeness (QED) is 0.873. The molecule has 100 valence electrons. The van der Waals surface area contributed by atoms with E-state index in [-0.39, 0.29) is 4.90 Å². The number of nitrogens with one attached hydrogen (secondary N) is 1. The third kappa shape index (κ3) is 3.00. The van der Waals surface area contributed by atoms with Gasteiger partial charge in [0.05, 0.1) is 10.6 Å². The van der Waals surface area contributed by atoms with Crippen molar-refractivity contribution in [3.8, 4) is 0 Å². The molecule has 2 rings (SSSR count). The highest BCUT2D eigenvalue weighted by atomic mass is 32.2. The molecule has 1 aromatic carbocycles. The molecular weight excluding hydrogens is 255 g/mol. The van der Waals surface area contributed by atoms with Gasteiger partial charge in [0.15, 0.2) is 9.84 Å². The van der Waals surface area contributed by atoms with Gasteiger partial charge < -0.3 is 10.2 Å². The van der Waals surface area contributed by atoms with Crippen molar-refractivity contribution < 1.29 is 12.8 Å². The Morgan fingerprint density at radius 2 is 2.06 bits per heavy atom. The zero-order chi connectivity index (χ0) is 13.2. The first-order valence-corrected chi connectivity index (χ1v) is 7.83. The second-order valence-corrected chi connectivity index (χ2v) is 6.49. The Bertz CT molecular complexity index is 523. The summed E-state index contributed by atoms with van der Waals surface area (Å²) in [6.07, 6.45) is 2.03. The molecule has 0 aliphatic carbocycles. The number of benzene rings is 1. The first kappa shape index (κ1) is 13.3. The van der Waals surface area contributed by atoms with Crippen LogP contribution in [0.1, 0.15) is 6.42 Å². The molecule has 6 heteroatoms. The van der Waals surface area contributed by atoms with Crippen LogP contribution in [0.2, 0.25) is 0 Å².